The van der Waals surface area contributed by atoms with Crippen molar-refractivity contribution in [1.82, 2.24) is 0 Å². The first-order valence-corrected chi connectivity index (χ1v) is 5.61. The maximum absolute atomic E-state index is 11.0. The Morgan fingerprint density at radius 2 is 2.33 bits per heavy atom. The molecule has 1 aromatic carbocycles. The lowest BCUT2D eigenvalue weighted by Gasteiger charge is -2.24. The van der Waals surface area contributed by atoms with E-state index < -0.39 is 0 Å². The van der Waals surface area contributed by atoms with E-state index in [9.17, 15) is 4.79 Å². The van der Waals surface area contributed by atoms with E-state index in [1.54, 1.807) is 0 Å². The summed E-state index contributed by atoms with van der Waals surface area (Å²) in [6.07, 6.45) is 3.69. The van der Waals surface area contributed by atoms with Crippen molar-refractivity contribution in [3.05, 3.63) is 34.3 Å². The van der Waals surface area contributed by atoms with Gasteiger partial charge in [0.1, 0.15) is 0 Å². The third kappa shape index (κ3) is 2.32. The lowest BCUT2D eigenvalue weighted by atomic mass is 9.81. The smallest absolute Gasteiger partial charge is 0.218 e. The Balaban J connectivity index is 2.32. The normalized spacial score (nSPS) is 19.7. The summed E-state index contributed by atoms with van der Waals surface area (Å²) in [6.45, 7) is 0. The summed E-state index contributed by atoms with van der Waals surface area (Å²) in [7, 11) is 0. The van der Waals surface area contributed by atoms with Crippen molar-refractivity contribution in [3.8, 4) is 0 Å². The summed E-state index contributed by atoms with van der Waals surface area (Å²) in [5.41, 5.74) is 7.78. The highest BCUT2D eigenvalue weighted by atomic mass is 35.5. The van der Waals surface area contributed by atoms with Crippen molar-refractivity contribution in [2.45, 2.75) is 31.6 Å². The number of carbonyl (C=O) groups is 1. The average molecular weight is 224 g/mol. The van der Waals surface area contributed by atoms with Crippen LogP contribution in [0.4, 0.5) is 0 Å². The van der Waals surface area contributed by atoms with E-state index in [1.165, 1.54) is 11.1 Å². The maximum atomic E-state index is 11.0. The van der Waals surface area contributed by atoms with Crippen LogP contribution in [-0.4, -0.2) is 5.91 Å². The predicted molar refractivity (Wildman–Crippen MR) is 60.9 cm³/mol. The lowest BCUT2D eigenvalue weighted by molar-refractivity contribution is -0.118. The van der Waals surface area contributed by atoms with Crippen molar-refractivity contribution in [1.29, 1.82) is 0 Å². The highest BCUT2D eigenvalue weighted by molar-refractivity contribution is 6.30. The van der Waals surface area contributed by atoms with Gasteiger partial charge in [0.25, 0.3) is 0 Å². The van der Waals surface area contributed by atoms with E-state index in [-0.39, 0.29) is 11.8 Å². The quantitative estimate of drug-likeness (QED) is 0.823. The summed E-state index contributed by atoms with van der Waals surface area (Å²) in [5, 5.41) is 0.741. The van der Waals surface area contributed by atoms with Crippen molar-refractivity contribution >= 4 is 17.5 Å². The Hall–Kier alpha value is -1.02. The number of primary amides is 1. The molecule has 3 heteroatoms. The number of carbonyl (C=O) groups excluding carboxylic acids is 1. The molecule has 15 heavy (non-hydrogen) atoms. The minimum absolute atomic E-state index is 0.229. The lowest BCUT2D eigenvalue weighted by Crippen LogP contribution is -2.18. The fourth-order valence-electron chi connectivity index (χ4n) is 2.32. The summed E-state index contributed by atoms with van der Waals surface area (Å²) >= 11 is 5.96. The molecule has 80 valence electrons. The maximum Gasteiger partial charge on any atom is 0.218 e. The Labute approximate surface area is 94.4 Å². The molecule has 1 aliphatic rings. The number of aryl methyl sites for hydroxylation is 1. The van der Waals surface area contributed by atoms with Gasteiger partial charge in [0, 0.05) is 11.4 Å². The first kappa shape index (κ1) is 10.5. The van der Waals surface area contributed by atoms with Crippen LogP contribution in [0.2, 0.25) is 5.02 Å². The molecule has 0 fully saturated rings. The Bertz CT molecular complexity index is 389. The molecule has 0 radical (unpaired) electrons. The van der Waals surface area contributed by atoms with Gasteiger partial charge in [-0.1, -0.05) is 17.7 Å². The Morgan fingerprint density at radius 1 is 1.53 bits per heavy atom. The SMILES string of the molecule is NC(=O)CC1CCCc2ccc(Cl)cc21. The second-order valence-corrected chi connectivity index (χ2v) is 4.54. The molecule has 0 saturated carbocycles. The van der Waals surface area contributed by atoms with Gasteiger partial charge >= 0.3 is 0 Å². The predicted octanol–water partition coefficient (Wildman–Crippen LogP) is 2.64. The monoisotopic (exact) mass is 223 g/mol. The number of benzene rings is 1. The second-order valence-electron chi connectivity index (χ2n) is 4.10. The molecule has 0 spiro atoms. The van der Waals surface area contributed by atoms with Crippen LogP contribution in [0.15, 0.2) is 18.2 Å². The molecular weight excluding hydrogens is 210 g/mol. The van der Waals surface area contributed by atoms with Gasteiger partial charge in [-0.05, 0) is 48.4 Å². The molecule has 0 heterocycles. The van der Waals surface area contributed by atoms with Gasteiger partial charge < -0.3 is 5.73 Å². The van der Waals surface area contributed by atoms with E-state index in [0.29, 0.717) is 6.42 Å². The third-order valence-corrected chi connectivity index (χ3v) is 3.23. The molecule has 2 N–H and O–H groups in total. The summed E-state index contributed by atoms with van der Waals surface area (Å²) in [5.74, 6) is 0.0396. The van der Waals surface area contributed by atoms with Crippen LogP contribution in [0.5, 0.6) is 0 Å². The van der Waals surface area contributed by atoms with E-state index in [1.807, 2.05) is 12.1 Å². The fourth-order valence-corrected chi connectivity index (χ4v) is 2.50. The van der Waals surface area contributed by atoms with Gasteiger partial charge in [-0.3, -0.25) is 4.79 Å². The van der Waals surface area contributed by atoms with Crippen LogP contribution >= 0.6 is 11.6 Å². The molecule has 0 saturated heterocycles. The number of hydrogen-bond donors (Lipinski definition) is 1. The standard InChI is InChI=1S/C12H14ClNO/c13-10-5-4-8-2-1-3-9(6-12(14)15)11(8)7-10/h4-5,7,9H,1-3,6H2,(H2,14,15). The Morgan fingerprint density at radius 3 is 3.07 bits per heavy atom. The third-order valence-electron chi connectivity index (χ3n) is 2.99. The Kier molecular flexibility index (Phi) is 2.96. The fraction of sp³-hybridized carbons (Fsp3) is 0.417. The van der Waals surface area contributed by atoms with Crippen molar-refractivity contribution in [3.63, 3.8) is 0 Å². The molecule has 0 aliphatic heterocycles. The van der Waals surface area contributed by atoms with E-state index in [0.717, 1.165) is 24.3 Å². The largest absolute Gasteiger partial charge is 0.370 e. The van der Waals surface area contributed by atoms with Crippen LogP contribution in [0.3, 0.4) is 0 Å². The van der Waals surface area contributed by atoms with Gasteiger partial charge in [-0.2, -0.15) is 0 Å². The number of hydrogen-bond acceptors (Lipinski definition) is 1. The minimum atomic E-state index is -0.229. The molecule has 0 bridgehead atoms. The van der Waals surface area contributed by atoms with Gasteiger partial charge in [0.15, 0.2) is 0 Å². The molecule has 1 aromatic rings. The summed E-state index contributed by atoms with van der Waals surface area (Å²) < 4.78 is 0. The van der Waals surface area contributed by atoms with Crippen LogP contribution in [0.1, 0.15) is 36.3 Å². The second kappa shape index (κ2) is 4.23. The number of rotatable bonds is 2. The summed E-state index contributed by atoms with van der Waals surface area (Å²) in [4.78, 5) is 11.0. The molecular formula is C12H14ClNO. The van der Waals surface area contributed by atoms with Crippen LogP contribution in [0, 0.1) is 0 Å². The van der Waals surface area contributed by atoms with Crippen LogP contribution < -0.4 is 5.73 Å². The molecule has 1 atom stereocenters. The van der Waals surface area contributed by atoms with Gasteiger partial charge in [-0.25, -0.2) is 0 Å². The molecule has 2 nitrogen and oxygen atoms in total. The molecule has 1 amide bonds. The number of fused-ring (bicyclic) bond motifs is 1. The van der Waals surface area contributed by atoms with Crippen molar-refractivity contribution < 1.29 is 4.79 Å². The first-order valence-electron chi connectivity index (χ1n) is 5.23. The van der Waals surface area contributed by atoms with Gasteiger partial charge in [-0.15, -0.1) is 0 Å². The topological polar surface area (TPSA) is 43.1 Å². The zero-order valence-electron chi connectivity index (χ0n) is 8.50. The molecule has 2 rings (SSSR count). The summed E-state index contributed by atoms with van der Waals surface area (Å²) in [6, 6.07) is 5.95. The minimum Gasteiger partial charge on any atom is -0.370 e. The van der Waals surface area contributed by atoms with Gasteiger partial charge in [0.2, 0.25) is 5.91 Å². The first-order chi connectivity index (χ1) is 7.16. The average Bonchev–Trinajstić information content (AvgIpc) is 2.18. The van der Waals surface area contributed by atoms with Crippen molar-refractivity contribution in [2.24, 2.45) is 5.73 Å². The molecule has 1 unspecified atom stereocenters. The zero-order chi connectivity index (χ0) is 10.8. The number of amides is 1. The van der Waals surface area contributed by atoms with E-state index in [2.05, 4.69) is 6.07 Å². The zero-order valence-corrected chi connectivity index (χ0v) is 9.26. The van der Waals surface area contributed by atoms with Crippen LogP contribution in [-0.2, 0) is 11.2 Å². The van der Waals surface area contributed by atoms with E-state index >= 15 is 0 Å². The molecule has 1 aliphatic carbocycles. The molecule has 0 aromatic heterocycles. The van der Waals surface area contributed by atoms with Gasteiger partial charge in [0.05, 0.1) is 0 Å². The number of nitrogens with two attached hydrogens (primary N) is 1. The number of halogens is 1. The van der Waals surface area contributed by atoms with Crippen molar-refractivity contribution in [2.75, 3.05) is 0 Å². The van der Waals surface area contributed by atoms with E-state index in [4.69, 9.17) is 17.3 Å². The highest BCUT2D eigenvalue weighted by Crippen LogP contribution is 2.35. The van der Waals surface area contributed by atoms with Crippen LogP contribution in [0.25, 0.3) is 0 Å². The highest BCUT2D eigenvalue weighted by Gasteiger charge is 2.21.